The number of amides is 3. The second-order valence-electron chi connectivity index (χ2n) is 4.57. The van der Waals surface area contributed by atoms with Crippen LogP contribution in [0.15, 0.2) is 24.3 Å². The molecular formula is C13H15N3O3S. The van der Waals surface area contributed by atoms with Crippen LogP contribution in [0.3, 0.4) is 0 Å². The van der Waals surface area contributed by atoms with Gasteiger partial charge in [-0.2, -0.15) is 0 Å². The van der Waals surface area contributed by atoms with Gasteiger partial charge in [-0.15, -0.1) is 0 Å². The Morgan fingerprint density at radius 1 is 1.45 bits per heavy atom. The molecule has 106 valence electrons. The summed E-state index contributed by atoms with van der Waals surface area (Å²) < 4.78 is 0. The van der Waals surface area contributed by atoms with Crippen LogP contribution in [0.2, 0.25) is 0 Å². The summed E-state index contributed by atoms with van der Waals surface area (Å²) in [7, 11) is 1.43. The molecule has 0 spiro atoms. The van der Waals surface area contributed by atoms with E-state index in [9.17, 15) is 14.4 Å². The van der Waals surface area contributed by atoms with Crippen LogP contribution in [0.4, 0.5) is 10.5 Å². The highest BCUT2D eigenvalue weighted by Gasteiger charge is 2.41. The number of imide groups is 1. The summed E-state index contributed by atoms with van der Waals surface area (Å²) in [5, 5.41) is -1.08. The SMILES string of the molecule is Cc1cccc(N(CC(N)=O)C2SC(=O)N(C)C2=O)c1. The average Bonchev–Trinajstić information content (AvgIpc) is 2.63. The number of nitrogens with two attached hydrogens (primary N) is 1. The Hall–Kier alpha value is -2.02. The highest BCUT2D eigenvalue weighted by atomic mass is 32.2. The molecule has 1 aliphatic heterocycles. The molecule has 6 nitrogen and oxygen atoms in total. The molecule has 1 saturated heterocycles. The molecule has 1 heterocycles. The van der Waals surface area contributed by atoms with Gasteiger partial charge >= 0.3 is 0 Å². The van der Waals surface area contributed by atoms with Gasteiger partial charge in [0.2, 0.25) is 5.91 Å². The smallest absolute Gasteiger partial charge is 0.290 e. The molecule has 1 unspecified atom stereocenters. The van der Waals surface area contributed by atoms with Crippen molar-refractivity contribution in [1.29, 1.82) is 0 Å². The third kappa shape index (κ3) is 2.77. The van der Waals surface area contributed by atoms with Crippen LogP contribution in [-0.2, 0) is 9.59 Å². The summed E-state index contributed by atoms with van der Waals surface area (Å²) in [6.45, 7) is 1.79. The van der Waals surface area contributed by atoms with E-state index in [1.54, 1.807) is 11.0 Å². The Kier molecular flexibility index (Phi) is 3.99. The number of hydrogen-bond acceptors (Lipinski definition) is 5. The number of likely N-dealkylation sites (N-methyl/N-ethyl adjacent to an activating group) is 1. The van der Waals surface area contributed by atoms with E-state index in [4.69, 9.17) is 5.73 Å². The molecule has 0 bridgehead atoms. The van der Waals surface area contributed by atoms with Crippen LogP contribution in [0.1, 0.15) is 5.56 Å². The summed E-state index contributed by atoms with van der Waals surface area (Å²) in [4.78, 5) is 37.6. The second kappa shape index (κ2) is 5.54. The van der Waals surface area contributed by atoms with E-state index >= 15 is 0 Å². The van der Waals surface area contributed by atoms with Gasteiger partial charge in [0.05, 0.1) is 6.54 Å². The van der Waals surface area contributed by atoms with E-state index in [-0.39, 0.29) is 17.7 Å². The summed E-state index contributed by atoms with van der Waals surface area (Å²) >= 11 is 0.888. The highest BCUT2D eigenvalue weighted by molar-refractivity contribution is 8.15. The molecule has 0 aromatic heterocycles. The molecular weight excluding hydrogens is 278 g/mol. The first kappa shape index (κ1) is 14.4. The summed E-state index contributed by atoms with van der Waals surface area (Å²) in [6, 6.07) is 7.37. The van der Waals surface area contributed by atoms with Gasteiger partial charge in [0.15, 0.2) is 5.37 Å². The molecule has 1 aliphatic rings. The van der Waals surface area contributed by atoms with Crippen LogP contribution < -0.4 is 10.6 Å². The Morgan fingerprint density at radius 3 is 2.65 bits per heavy atom. The van der Waals surface area contributed by atoms with Gasteiger partial charge in [0, 0.05) is 12.7 Å². The fourth-order valence-electron chi connectivity index (χ4n) is 1.96. The molecule has 0 saturated carbocycles. The van der Waals surface area contributed by atoms with E-state index in [1.165, 1.54) is 7.05 Å². The van der Waals surface area contributed by atoms with E-state index in [1.807, 2.05) is 25.1 Å². The average molecular weight is 293 g/mol. The maximum atomic E-state index is 12.1. The lowest BCUT2D eigenvalue weighted by Gasteiger charge is -2.27. The molecule has 1 aromatic carbocycles. The summed E-state index contributed by atoms with van der Waals surface area (Å²) in [6.07, 6.45) is 0. The standard InChI is InChI=1S/C13H15N3O3S/c1-8-4-3-5-9(6-8)16(7-10(14)17)12-11(18)15(2)13(19)20-12/h3-6,12H,7H2,1-2H3,(H2,14,17). The predicted molar refractivity (Wildman–Crippen MR) is 77.3 cm³/mol. The Balaban J connectivity index is 2.36. The van der Waals surface area contributed by atoms with Crippen molar-refractivity contribution in [1.82, 2.24) is 4.90 Å². The second-order valence-corrected chi connectivity index (χ2v) is 5.60. The number of nitrogens with zero attached hydrogens (tertiary/aromatic N) is 2. The minimum Gasteiger partial charge on any atom is -0.368 e. The third-order valence-corrected chi connectivity index (χ3v) is 4.13. The zero-order chi connectivity index (χ0) is 14.9. The van der Waals surface area contributed by atoms with Gasteiger partial charge in [-0.1, -0.05) is 12.1 Å². The summed E-state index contributed by atoms with van der Waals surface area (Å²) in [5.74, 6) is -0.898. The first-order valence-corrected chi connectivity index (χ1v) is 6.88. The maximum absolute atomic E-state index is 12.1. The van der Waals surface area contributed by atoms with E-state index < -0.39 is 11.3 Å². The quantitative estimate of drug-likeness (QED) is 0.893. The predicted octanol–water partition coefficient (Wildman–Crippen LogP) is 0.938. The van der Waals surface area contributed by atoms with E-state index in [0.29, 0.717) is 5.69 Å². The zero-order valence-electron chi connectivity index (χ0n) is 11.2. The molecule has 7 heteroatoms. The van der Waals surface area contributed by atoms with Crippen molar-refractivity contribution < 1.29 is 14.4 Å². The van der Waals surface area contributed by atoms with Crippen LogP contribution in [-0.4, -0.2) is 40.9 Å². The first-order valence-electron chi connectivity index (χ1n) is 6.00. The fourth-order valence-corrected chi connectivity index (χ4v) is 2.98. The summed E-state index contributed by atoms with van der Waals surface area (Å²) in [5.41, 5.74) is 6.94. The van der Waals surface area contributed by atoms with Crippen molar-refractivity contribution in [2.45, 2.75) is 12.3 Å². The number of carbonyl (C=O) groups is 3. The molecule has 20 heavy (non-hydrogen) atoms. The van der Waals surface area contributed by atoms with Crippen molar-refractivity contribution in [3.8, 4) is 0 Å². The normalized spacial score (nSPS) is 18.5. The lowest BCUT2D eigenvalue weighted by atomic mass is 10.2. The maximum Gasteiger partial charge on any atom is 0.290 e. The minimum atomic E-state index is -0.748. The number of hydrogen-bond donors (Lipinski definition) is 1. The van der Waals surface area contributed by atoms with Crippen LogP contribution in [0.5, 0.6) is 0 Å². The van der Waals surface area contributed by atoms with Gasteiger partial charge in [-0.05, 0) is 36.4 Å². The van der Waals surface area contributed by atoms with Crippen molar-refractivity contribution in [3.63, 3.8) is 0 Å². The molecule has 1 atom stereocenters. The molecule has 2 N–H and O–H groups in total. The number of carbonyl (C=O) groups excluding carboxylic acids is 3. The van der Waals surface area contributed by atoms with Crippen LogP contribution in [0, 0.1) is 6.92 Å². The molecule has 0 radical (unpaired) electrons. The van der Waals surface area contributed by atoms with Gasteiger partial charge in [-0.3, -0.25) is 19.3 Å². The lowest BCUT2D eigenvalue weighted by Crippen LogP contribution is -2.44. The Bertz CT molecular complexity index is 576. The molecule has 1 aromatic rings. The van der Waals surface area contributed by atoms with Gasteiger partial charge < -0.3 is 10.6 Å². The number of thioether (sulfide) groups is 1. The monoisotopic (exact) mass is 293 g/mol. The Morgan fingerprint density at radius 2 is 2.15 bits per heavy atom. The first-order chi connectivity index (χ1) is 9.40. The molecule has 2 rings (SSSR count). The number of primary amides is 1. The number of aryl methyl sites for hydroxylation is 1. The van der Waals surface area contributed by atoms with E-state index in [0.717, 1.165) is 22.2 Å². The van der Waals surface area contributed by atoms with Gasteiger partial charge in [0.25, 0.3) is 11.1 Å². The van der Waals surface area contributed by atoms with Gasteiger partial charge in [-0.25, -0.2) is 0 Å². The fraction of sp³-hybridized carbons (Fsp3) is 0.308. The van der Waals surface area contributed by atoms with Crippen molar-refractivity contribution in [3.05, 3.63) is 29.8 Å². The largest absolute Gasteiger partial charge is 0.368 e. The lowest BCUT2D eigenvalue weighted by molar-refractivity contribution is -0.125. The van der Waals surface area contributed by atoms with E-state index in [2.05, 4.69) is 0 Å². The third-order valence-electron chi connectivity index (χ3n) is 2.97. The minimum absolute atomic E-state index is 0.117. The van der Waals surface area contributed by atoms with Crippen molar-refractivity contribution >= 4 is 34.5 Å². The number of benzene rings is 1. The number of anilines is 1. The van der Waals surface area contributed by atoms with Crippen molar-refractivity contribution in [2.24, 2.45) is 5.73 Å². The van der Waals surface area contributed by atoms with Crippen LogP contribution >= 0.6 is 11.8 Å². The highest BCUT2D eigenvalue weighted by Crippen LogP contribution is 2.32. The molecule has 1 fully saturated rings. The van der Waals surface area contributed by atoms with Gasteiger partial charge in [0.1, 0.15) is 0 Å². The zero-order valence-corrected chi connectivity index (χ0v) is 12.0. The molecule has 3 amide bonds. The van der Waals surface area contributed by atoms with Crippen LogP contribution in [0.25, 0.3) is 0 Å². The Labute approximate surface area is 120 Å². The number of rotatable bonds is 4. The molecule has 0 aliphatic carbocycles. The topological polar surface area (TPSA) is 83.7 Å². The van der Waals surface area contributed by atoms with Crippen molar-refractivity contribution in [2.75, 3.05) is 18.5 Å².